The van der Waals surface area contributed by atoms with E-state index in [9.17, 15) is 9.90 Å². The number of aliphatic carboxylic acids is 1. The topological polar surface area (TPSA) is 46.5 Å². The van der Waals surface area contributed by atoms with Crippen molar-refractivity contribution >= 4 is 11.5 Å². The number of aryl methyl sites for hydroxylation is 1. The van der Waals surface area contributed by atoms with E-state index in [0.717, 1.165) is 19.3 Å². The molecule has 0 spiro atoms. The lowest BCUT2D eigenvalue weighted by atomic mass is 9.75. The Bertz CT molecular complexity index is 604. The van der Waals surface area contributed by atoms with Crippen LogP contribution in [-0.2, 0) is 16.0 Å². The fourth-order valence-corrected chi connectivity index (χ4v) is 3.41. The Balaban J connectivity index is 1.65. The summed E-state index contributed by atoms with van der Waals surface area (Å²) in [7, 11) is 0. The molecule has 0 unspecified atom stereocenters. The first-order chi connectivity index (χ1) is 11.2. The van der Waals surface area contributed by atoms with Crippen LogP contribution in [0.25, 0.3) is 5.57 Å². The normalized spacial score (nSPS) is 20.1. The minimum absolute atomic E-state index is 0.561. The molecule has 2 aliphatic rings. The van der Waals surface area contributed by atoms with Crippen LogP contribution in [0.15, 0.2) is 42.5 Å². The van der Waals surface area contributed by atoms with E-state index in [2.05, 4.69) is 42.5 Å². The minimum atomic E-state index is -0.671. The zero-order chi connectivity index (χ0) is 16.1. The van der Waals surface area contributed by atoms with Crippen molar-refractivity contribution < 1.29 is 14.6 Å². The van der Waals surface area contributed by atoms with Crippen molar-refractivity contribution in [3.05, 3.63) is 53.6 Å². The number of allylic oxidation sites excluding steroid dienone is 4. The lowest BCUT2D eigenvalue weighted by molar-refractivity contribution is -0.155. The summed E-state index contributed by atoms with van der Waals surface area (Å²) in [6.07, 6.45) is 11.6. The highest BCUT2D eigenvalue weighted by Crippen LogP contribution is 2.36. The summed E-state index contributed by atoms with van der Waals surface area (Å²) in [5, 5.41) is 9.61. The van der Waals surface area contributed by atoms with Crippen LogP contribution in [0, 0.1) is 5.41 Å². The molecule has 1 aromatic carbocycles. The highest BCUT2D eigenvalue weighted by Gasteiger charge is 2.39. The standard InChI is InChI=1S/C20H24O3/c21-19(22)20(12-14-23-15-13-20)11-10-16-6-8-18(9-7-16)17-4-2-1-3-5-17/h2,4-9H,1,3,10-15H2,(H,21,22). The van der Waals surface area contributed by atoms with Crippen molar-refractivity contribution in [1.82, 2.24) is 0 Å². The van der Waals surface area contributed by atoms with Crippen molar-refractivity contribution in [2.75, 3.05) is 13.2 Å². The first-order valence-corrected chi connectivity index (χ1v) is 8.47. The van der Waals surface area contributed by atoms with Crippen LogP contribution < -0.4 is 0 Å². The monoisotopic (exact) mass is 312 g/mol. The quantitative estimate of drug-likeness (QED) is 0.885. The summed E-state index contributed by atoms with van der Waals surface area (Å²) >= 11 is 0. The largest absolute Gasteiger partial charge is 0.481 e. The number of ether oxygens (including phenoxy) is 1. The molecule has 0 saturated carbocycles. The second-order valence-electron chi connectivity index (χ2n) is 6.53. The molecule has 1 fully saturated rings. The van der Waals surface area contributed by atoms with Gasteiger partial charge in [0.25, 0.3) is 0 Å². The van der Waals surface area contributed by atoms with Crippen LogP contribution in [0.1, 0.15) is 43.2 Å². The van der Waals surface area contributed by atoms with Gasteiger partial charge in [0.05, 0.1) is 5.41 Å². The van der Waals surface area contributed by atoms with Gasteiger partial charge in [-0.1, -0.05) is 42.5 Å². The van der Waals surface area contributed by atoms with Gasteiger partial charge in [-0.2, -0.15) is 0 Å². The molecule has 3 rings (SSSR count). The number of carbonyl (C=O) groups is 1. The fourth-order valence-electron chi connectivity index (χ4n) is 3.41. The second-order valence-corrected chi connectivity index (χ2v) is 6.53. The van der Waals surface area contributed by atoms with Gasteiger partial charge in [-0.15, -0.1) is 0 Å². The second kappa shape index (κ2) is 7.14. The number of hydrogen-bond donors (Lipinski definition) is 1. The van der Waals surface area contributed by atoms with E-state index in [-0.39, 0.29) is 0 Å². The van der Waals surface area contributed by atoms with Crippen molar-refractivity contribution in [3.8, 4) is 0 Å². The molecule has 0 aromatic heterocycles. The van der Waals surface area contributed by atoms with E-state index >= 15 is 0 Å². The molecular formula is C20H24O3. The number of rotatable bonds is 5. The average molecular weight is 312 g/mol. The number of carboxylic acid groups (broad SMARTS) is 1. The molecule has 1 N–H and O–H groups in total. The Kier molecular flexibility index (Phi) is 4.97. The summed E-state index contributed by atoms with van der Waals surface area (Å²) in [5.41, 5.74) is 3.13. The lowest BCUT2D eigenvalue weighted by Crippen LogP contribution is -2.37. The SMILES string of the molecule is O=C(O)C1(CCc2ccc(C3=CCCC=C3)cc2)CCOCC1. The van der Waals surface area contributed by atoms with E-state index < -0.39 is 11.4 Å². The molecule has 3 heteroatoms. The molecule has 0 radical (unpaired) electrons. The minimum Gasteiger partial charge on any atom is -0.481 e. The van der Waals surface area contributed by atoms with E-state index in [1.807, 2.05) is 0 Å². The molecule has 1 saturated heterocycles. The molecular weight excluding hydrogens is 288 g/mol. The van der Waals surface area contributed by atoms with Crippen molar-refractivity contribution in [2.24, 2.45) is 5.41 Å². The predicted molar refractivity (Wildman–Crippen MR) is 91.2 cm³/mol. The Morgan fingerprint density at radius 1 is 1.13 bits per heavy atom. The van der Waals surface area contributed by atoms with Crippen LogP contribution in [0.4, 0.5) is 0 Å². The van der Waals surface area contributed by atoms with E-state index in [0.29, 0.717) is 32.5 Å². The molecule has 23 heavy (non-hydrogen) atoms. The van der Waals surface area contributed by atoms with Gasteiger partial charge in [0.2, 0.25) is 0 Å². The molecule has 1 aromatic rings. The van der Waals surface area contributed by atoms with E-state index in [4.69, 9.17) is 4.74 Å². The van der Waals surface area contributed by atoms with Crippen LogP contribution >= 0.6 is 0 Å². The molecule has 0 bridgehead atoms. The lowest BCUT2D eigenvalue weighted by Gasteiger charge is -2.33. The molecule has 0 atom stereocenters. The molecule has 3 nitrogen and oxygen atoms in total. The van der Waals surface area contributed by atoms with Gasteiger partial charge < -0.3 is 9.84 Å². The number of hydrogen-bond acceptors (Lipinski definition) is 2. The van der Waals surface area contributed by atoms with Crippen LogP contribution in [0.5, 0.6) is 0 Å². The maximum atomic E-state index is 11.7. The molecule has 1 heterocycles. The number of benzene rings is 1. The van der Waals surface area contributed by atoms with Crippen LogP contribution in [0.3, 0.4) is 0 Å². The van der Waals surface area contributed by atoms with Gasteiger partial charge >= 0.3 is 5.97 Å². The first kappa shape index (κ1) is 16.0. The van der Waals surface area contributed by atoms with Gasteiger partial charge in [0.1, 0.15) is 0 Å². The summed E-state index contributed by atoms with van der Waals surface area (Å²) < 4.78 is 5.33. The van der Waals surface area contributed by atoms with Crippen molar-refractivity contribution in [3.63, 3.8) is 0 Å². The van der Waals surface area contributed by atoms with Gasteiger partial charge in [-0.3, -0.25) is 4.79 Å². The average Bonchev–Trinajstić information content (AvgIpc) is 2.62. The number of carboxylic acids is 1. The van der Waals surface area contributed by atoms with Gasteiger partial charge in [0, 0.05) is 13.2 Å². The Hall–Kier alpha value is -1.87. The zero-order valence-electron chi connectivity index (χ0n) is 13.5. The zero-order valence-corrected chi connectivity index (χ0v) is 13.5. The van der Waals surface area contributed by atoms with E-state index in [1.54, 1.807) is 0 Å². The molecule has 1 aliphatic heterocycles. The highest BCUT2D eigenvalue weighted by atomic mass is 16.5. The van der Waals surface area contributed by atoms with Gasteiger partial charge in [0.15, 0.2) is 0 Å². The van der Waals surface area contributed by atoms with Crippen molar-refractivity contribution in [2.45, 2.75) is 38.5 Å². The fraction of sp³-hybridized carbons (Fsp3) is 0.450. The Morgan fingerprint density at radius 2 is 1.87 bits per heavy atom. The maximum absolute atomic E-state index is 11.7. The first-order valence-electron chi connectivity index (χ1n) is 8.47. The third-order valence-electron chi connectivity index (χ3n) is 5.08. The van der Waals surface area contributed by atoms with Crippen molar-refractivity contribution in [1.29, 1.82) is 0 Å². The van der Waals surface area contributed by atoms with Gasteiger partial charge in [-0.25, -0.2) is 0 Å². The highest BCUT2D eigenvalue weighted by molar-refractivity contribution is 5.75. The Morgan fingerprint density at radius 3 is 2.48 bits per heavy atom. The molecule has 1 aliphatic carbocycles. The van der Waals surface area contributed by atoms with E-state index in [1.165, 1.54) is 16.7 Å². The molecule has 122 valence electrons. The summed E-state index contributed by atoms with van der Waals surface area (Å²) in [6.45, 7) is 1.12. The smallest absolute Gasteiger partial charge is 0.309 e. The maximum Gasteiger partial charge on any atom is 0.309 e. The molecule has 0 amide bonds. The summed E-state index contributed by atoms with van der Waals surface area (Å²) in [6, 6.07) is 8.56. The Labute approximate surface area is 137 Å². The third kappa shape index (κ3) is 3.73. The summed E-state index contributed by atoms with van der Waals surface area (Å²) in [5.74, 6) is -0.671. The third-order valence-corrected chi connectivity index (χ3v) is 5.08. The predicted octanol–water partition coefficient (Wildman–Crippen LogP) is 4.23. The van der Waals surface area contributed by atoms with Crippen LogP contribution in [-0.4, -0.2) is 24.3 Å². The summed E-state index contributed by atoms with van der Waals surface area (Å²) in [4.78, 5) is 11.7. The van der Waals surface area contributed by atoms with Gasteiger partial charge in [-0.05, 0) is 55.2 Å². The van der Waals surface area contributed by atoms with Crippen LogP contribution in [0.2, 0.25) is 0 Å².